The van der Waals surface area contributed by atoms with Gasteiger partial charge in [0.25, 0.3) is 0 Å². The lowest BCUT2D eigenvalue weighted by Gasteiger charge is -2.04. The van der Waals surface area contributed by atoms with Crippen LogP contribution in [-0.4, -0.2) is 6.61 Å². The number of benzene rings is 1. The molecule has 4 N–H and O–H groups in total. The zero-order chi connectivity index (χ0) is 8.97. The van der Waals surface area contributed by atoms with Gasteiger partial charge in [0.1, 0.15) is 12.4 Å². The minimum absolute atomic E-state index is 0.239. The maximum absolute atomic E-state index is 5.54. The van der Waals surface area contributed by atoms with E-state index in [1.54, 1.807) is 18.2 Å². The summed E-state index contributed by atoms with van der Waals surface area (Å²) in [6.45, 7) is 0.239. The second-order valence-electron chi connectivity index (χ2n) is 2.28. The third-order valence-electron chi connectivity index (χ3n) is 1.38. The first-order chi connectivity index (χ1) is 5.74. The van der Waals surface area contributed by atoms with Crippen molar-refractivity contribution in [2.24, 2.45) is 0 Å². The first-order valence-electron chi connectivity index (χ1n) is 3.45. The van der Waals surface area contributed by atoms with E-state index in [-0.39, 0.29) is 6.61 Å². The number of ether oxygens (including phenoxy) is 1. The molecule has 0 heterocycles. The number of rotatable bonds is 2. The van der Waals surface area contributed by atoms with E-state index in [9.17, 15) is 0 Å². The summed E-state index contributed by atoms with van der Waals surface area (Å²) in [5.41, 5.74) is 12.1. The molecule has 1 rings (SSSR count). The molecule has 3 nitrogen and oxygen atoms in total. The lowest BCUT2D eigenvalue weighted by molar-refractivity contribution is 0.370. The van der Waals surface area contributed by atoms with Gasteiger partial charge in [0.05, 0.1) is 11.4 Å². The van der Waals surface area contributed by atoms with E-state index in [1.807, 2.05) is 0 Å². The summed E-state index contributed by atoms with van der Waals surface area (Å²) >= 11 is 0. The van der Waals surface area contributed by atoms with Crippen LogP contribution in [0, 0.1) is 12.3 Å². The molecule has 0 spiro atoms. The number of hydrogen-bond acceptors (Lipinski definition) is 3. The molecule has 0 aromatic heterocycles. The van der Waals surface area contributed by atoms with Crippen molar-refractivity contribution in [3.05, 3.63) is 18.2 Å². The molecule has 0 bridgehead atoms. The molecule has 0 amide bonds. The first kappa shape index (κ1) is 8.28. The minimum Gasteiger partial charge on any atom is -0.481 e. The highest BCUT2D eigenvalue weighted by Gasteiger charge is 1.96. The van der Waals surface area contributed by atoms with Gasteiger partial charge in [0, 0.05) is 6.07 Å². The van der Waals surface area contributed by atoms with Crippen molar-refractivity contribution in [1.82, 2.24) is 0 Å². The first-order valence-corrected chi connectivity index (χ1v) is 3.45. The highest BCUT2D eigenvalue weighted by atomic mass is 16.5. The van der Waals surface area contributed by atoms with Gasteiger partial charge in [-0.3, -0.25) is 0 Å². The summed E-state index contributed by atoms with van der Waals surface area (Å²) in [5, 5.41) is 0. The molecule has 12 heavy (non-hydrogen) atoms. The lowest BCUT2D eigenvalue weighted by Crippen LogP contribution is -1.97. The molecule has 0 fully saturated rings. The van der Waals surface area contributed by atoms with Crippen LogP contribution in [0.1, 0.15) is 0 Å². The van der Waals surface area contributed by atoms with E-state index in [0.717, 1.165) is 0 Å². The van der Waals surface area contributed by atoms with Crippen LogP contribution in [0.3, 0.4) is 0 Å². The third-order valence-corrected chi connectivity index (χ3v) is 1.38. The third kappa shape index (κ3) is 1.83. The Morgan fingerprint density at radius 1 is 1.33 bits per heavy atom. The molecule has 0 atom stereocenters. The minimum atomic E-state index is 0.239. The fourth-order valence-electron chi connectivity index (χ4n) is 0.768. The topological polar surface area (TPSA) is 61.3 Å². The second kappa shape index (κ2) is 3.54. The van der Waals surface area contributed by atoms with Crippen LogP contribution in [-0.2, 0) is 0 Å². The quantitative estimate of drug-likeness (QED) is 0.501. The largest absolute Gasteiger partial charge is 0.481 e. The van der Waals surface area contributed by atoms with Crippen molar-refractivity contribution in [1.29, 1.82) is 0 Å². The van der Waals surface area contributed by atoms with Crippen LogP contribution in [0.5, 0.6) is 5.75 Å². The molecule has 0 aliphatic rings. The SMILES string of the molecule is C#CCOc1ccc(N)c(N)c1. The molecule has 3 heteroatoms. The Morgan fingerprint density at radius 2 is 2.08 bits per heavy atom. The van der Waals surface area contributed by atoms with Crippen LogP contribution in [0.4, 0.5) is 11.4 Å². The van der Waals surface area contributed by atoms with E-state index >= 15 is 0 Å². The van der Waals surface area contributed by atoms with Gasteiger partial charge in [0.2, 0.25) is 0 Å². The molecule has 0 aliphatic carbocycles. The predicted molar refractivity (Wildman–Crippen MR) is 49.6 cm³/mol. The van der Waals surface area contributed by atoms with Gasteiger partial charge >= 0.3 is 0 Å². The van der Waals surface area contributed by atoms with Crippen LogP contribution in [0.2, 0.25) is 0 Å². The van der Waals surface area contributed by atoms with Gasteiger partial charge in [-0.1, -0.05) is 5.92 Å². The number of hydrogen-bond donors (Lipinski definition) is 2. The van der Waals surface area contributed by atoms with E-state index in [4.69, 9.17) is 22.6 Å². The Kier molecular flexibility index (Phi) is 2.44. The molecule has 1 aromatic rings. The van der Waals surface area contributed by atoms with Gasteiger partial charge in [-0.2, -0.15) is 0 Å². The average Bonchev–Trinajstić information content (AvgIpc) is 2.07. The summed E-state index contributed by atoms with van der Waals surface area (Å²) in [6, 6.07) is 5.05. The van der Waals surface area contributed by atoms with Crippen LogP contribution in [0.25, 0.3) is 0 Å². The smallest absolute Gasteiger partial charge is 0.148 e. The molecule has 0 saturated heterocycles. The Bertz CT molecular complexity index is 315. The van der Waals surface area contributed by atoms with Crippen molar-refractivity contribution in [2.75, 3.05) is 18.1 Å². The summed E-state index contributed by atoms with van der Waals surface area (Å²) in [7, 11) is 0. The number of nitrogen functional groups attached to an aromatic ring is 2. The maximum atomic E-state index is 5.54. The molecular formula is C9H10N2O. The Hall–Kier alpha value is -1.82. The molecule has 1 aromatic carbocycles. The average molecular weight is 162 g/mol. The predicted octanol–water partition coefficient (Wildman–Crippen LogP) is 0.863. The van der Waals surface area contributed by atoms with E-state index in [2.05, 4.69) is 5.92 Å². The van der Waals surface area contributed by atoms with Gasteiger partial charge in [0.15, 0.2) is 0 Å². The molecule has 0 saturated carbocycles. The normalized spacial score (nSPS) is 8.92. The molecule has 0 radical (unpaired) electrons. The van der Waals surface area contributed by atoms with Gasteiger partial charge in [-0.25, -0.2) is 0 Å². The second-order valence-corrected chi connectivity index (χ2v) is 2.28. The van der Waals surface area contributed by atoms with Crippen LogP contribution >= 0.6 is 0 Å². The molecule has 62 valence electrons. The van der Waals surface area contributed by atoms with E-state index in [0.29, 0.717) is 17.1 Å². The molecular weight excluding hydrogens is 152 g/mol. The summed E-state index contributed by atoms with van der Waals surface area (Å²) in [6.07, 6.45) is 5.01. The van der Waals surface area contributed by atoms with Crippen LogP contribution < -0.4 is 16.2 Å². The lowest BCUT2D eigenvalue weighted by atomic mass is 10.2. The molecule has 0 unspecified atom stereocenters. The zero-order valence-electron chi connectivity index (χ0n) is 6.58. The Morgan fingerprint density at radius 3 is 2.67 bits per heavy atom. The standard InChI is InChI=1S/C9H10N2O/c1-2-5-12-7-3-4-8(10)9(11)6-7/h1,3-4,6H,5,10-11H2. The van der Waals surface area contributed by atoms with E-state index in [1.165, 1.54) is 0 Å². The Balaban J connectivity index is 2.77. The zero-order valence-corrected chi connectivity index (χ0v) is 6.58. The number of anilines is 2. The summed E-state index contributed by atoms with van der Waals surface area (Å²) < 4.78 is 5.12. The summed E-state index contributed by atoms with van der Waals surface area (Å²) in [5.74, 6) is 2.99. The van der Waals surface area contributed by atoms with Crippen molar-refractivity contribution in [3.8, 4) is 18.1 Å². The highest BCUT2D eigenvalue weighted by molar-refractivity contribution is 5.65. The van der Waals surface area contributed by atoms with Gasteiger partial charge in [-0.15, -0.1) is 6.42 Å². The molecule has 0 aliphatic heterocycles. The van der Waals surface area contributed by atoms with Crippen molar-refractivity contribution in [2.45, 2.75) is 0 Å². The van der Waals surface area contributed by atoms with Crippen molar-refractivity contribution >= 4 is 11.4 Å². The van der Waals surface area contributed by atoms with Crippen molar-refractivity contribution < 1.29 is 4.74 Å². The van der Waals surface area contributed by atoms with Gasteiger partial charge in [-0.05, 0) is 12.1 Å². The number of nitrogens with two attached hydrogens (primary N) is 2. The maximum Gasteiger partial charge on any atom is 0.148 e. The fraction of sp³-hybridized carbons (Fsp3) is 0.111. The van der Waals surface area contributed by atoms with Gasteiger partial charge < -0.3 is 16.2 Å². The number of terminal acetylenes is 1. The fourth-order valence-corrected chi connectivity index (χ4v) is 0.768. The Labute approximate surface area is 71.3 Å². The monoisotopic (exact) mass is 162 g/mol. The van der Waals surface area contributed by atoms with Crippen LogP contribution in [0.15, 0.2) is 18.2 Å². The summed E-state index contributed by atoms with van der Waals surface area (Å²) in [4.78, 5) is 0. The van der Waals surface area contributed by atoms with E-state index < -0.39 is 0 Å². The highest BCUT2D eigenvalue weighted by Crippen LogP contribution is 2.20. The van der Waals surface area contributed by atoms with Crippen molar-refractivity contribution in [3.63, 3.8) is 0 Å².